The van der Waals surface area contributed by atoms with Crippen LogP contribution >= 0.6 is 11.6 Å². The summed E-state index contributed by atoms with van der Waals surface area (Å²) in [5.41, 5.74) is 0.447. The van der Waals surface area contributed by atoms with Gasteiger partial charge in [-0.15, -0.1) is 0 Å². The van der Waals surface area contributed by atoms with Gasteiger partial charge < -0.3 is 10.0 Å². The lowest BCUT2D eigenvalue weighted by atomic mass is 10.0. The van der Waals surface area contributed by atoms with Crippen LogP contribution in [0, 0.1) is 0 Å². The van der Waals surface area contributed by atoms with Gasteiger partial charge in [0.15, 0.2) is 0 Å². The maximum atomic E-state index is 13.3. The van der Waals surface area contributed by atoms with Crippen LogP contribution in [0.2, 0.25) is 5.02 Å². The minimum atomic E-state index is -2.56. The van der Waals surface area contributed by atoms with Gasteiger partial charge in [-0.3, -0.25) is 9.59 Å². The highest BCUT2D eigenvalue weighted by atomic mass is 35.5. The summed E-state index contributed by atoms with van der Waals surface area (Å²) in [6, 6.07) is 2.99. The van der Waals surface area contributed by atoms with Crippen molar-refractivity contribution in [3.63, 3.8) is 0 Å². The lowest BCUT2D eigenvalue weighted by molar-refractivity contribution is 0.0793. The number of hydrogen-bond donors (Lipinski definition) is 1. The minimum Gasteiger partial charge on any atom is -0.493 e. The second kappa shape index (κ2) is 8.63. The molecule has 1 N–H and O–H groups in total. The van der Waals surface area contributed by atoms with Crippen molar-refractivity contribution in [1.82, 2.24) is 14.7 Å². The van der Waals surface area contributed by atoms with E-state index in [-0.39, 0.29) is 39.2 Å². The topological polar surface area (TPSA) is 105 Å². The van der Waals surface area contributed by atoms with Crippen molar-refractivity contribution in [2.24, 2.45) is 11.4 Å². The average Bonchev–Trinajstić information content (AvgIpc) is 3.40. The SMILES string of the molecule is Cn1ncc(C(=O)c2ccc(C(=O)N3CCCC3)c(N=S3(=O)CCCCC3)c2Cl)c1O. The highest BCUT2D eigenvalue weighted by Gasteiger charge is 2.28. The summed E-state index contributed by atoms with van der Waals surface area (Å²) in [6.45, 7) is 1.30. The van der Waals surface area contributed by atoms with E-state index in [0.29, 0.717) is 24.6 Å². The van der Waals surface area contributed by atoms with Crippen molar-refractivity contribution in [3.05, 3.63) is 40.0 Å². The Labute approximate surface area is 186 Å². The quantitative estimate of drug-likeness (QED) is 0.697. The van der Waals surface area contributed by atoms with Crippen molar-refractivity contribution >= 4 is 38.7 Å². The minimum absolute atomic E-state index is 0.00387. The molecule has 166 valence electrons. The van der Waals surface area contributed by atoms with Crippen LogP contribution < -0.4 is 0 Å². The number of halogens is 1. The van der Waals surface area contributed by atoms with E-state index in [0.717, 1.165) is 32.1 Å². The molecule has 1 amide bonds. The van der Waals surface area contributed by atoms with Gasteiger partial charge in [0, 0.05) is 37.2 Å². The summed E-state index contributed by atoms with van der Waals surface area (Å²) >= 11 is 6.63. The number of carbonyl (C=O) groups excluding carboxylic acids is 2. The number of aryl methyl sites for hydroxylation is 1. The van der Waals surface area contributed by atoms with Gasteiger partial charge in [-0.25, -0.2) is 8.89 Å². The molecule has 0 saturated carbocycles. The monoisotopic (exact) mass is 464 g/mol. The van der Waals surface area contributed by atoms with E-state index in [1.807, 2.05) is 0 Å². The zero-order chi connectivity index (χ0) is 22.2. The van der Waals surface area contributed by atoms with Gasteiger partial charge in [-0.1, -0.05) is 18.0 Å². The standard InChI is InChI=1S/C21H25ClN4O4S/c1-25-20(28)16(13-23-25)19(27)14-7-8-15(21(29)26-9-3-4-10-26)18(17(14)22)24-31(30)11-5-2-6-12-31/h7-8,13,28H,2-6,9-12H2,1H3. The highest BCUT2D eigenvalue weighted by molar-refractivity contribution is 7.93. The first-order valence-corrected chi connectivity index (χ1v) is 12.6. The predicted molar refractivity (Wildman–Crippen MR) is 119 cm³/mol. The molecule has 2 aromatic rings. The maximum Gasteiger partial charge on any atom is 0.256 e. The van der Waals surface area contributed by atoms with E-state index in [2.05, 4.69) is 9.46 Å². The molecule has 4 rings (SSSR count). The molecule has 10 heteroatoms. The van der Waals surface area contributed by atoms with Crippen LogP contribution in [0.1, 0.15) is 58.4 Å². The first kappa shape index (κ1) is 21.8. The summed E-state index contributed by atoms with van der Waals surface area (Å²) in [4.78, 5) is 27.9. The Morgan fingerprint density at radius 3 is 2.32 bits per heavy atom. The predicted octanol–water partition coefficient (Wildman–Crippen LogP) is 3.53. The summed E-state index contributed by atoms with van der Waals surface area (Å²) in [5.74, 6) is -0.147. The van der Waals surface area contributed by atoms with Crippen molar-refractivity contribution in [1.29, 1.82) is 0 Å². The maximum absolute atomic E-state index is 13.3. The molecule has 31 heavy (non-hydrogen) atoms. The molecule has 0 spiro atoms. The fourth-order valence-corrected chi connectivity index (χ4v) is 6.58. The molecule has 8 nitrogen and oxygen atoms in total. The van der Waals surface area contributed by atoms with Gasteiger partial charge >= 0.3 is 0 Å². The number of benzene rings is 1. The summed E-state index contributed by atoms with van der Waals surface area (Å²) in [5, 5.41) is 14.0. The Morgan fingerprint density at radius 2 is 1.71 bits per heavy atom. The highest BCUT2D eigenvalue weighted by Crippen LogP contribution is 2.37. The van der Waals surface area contributed by atoms with E-state index in [1.165, 1.54) is 30.1 Å². The van der Waals surface area contributed by atoms with Crippen molar-refractivity contribution in [3.8, 4) is 5.88 Å². The van der Waals surface area contributed by atoms with E-state index in [9.17, 15) is 18.9 Å². The summed E-state index contributed by atoms with van der Waals surface area (Å²) < 4.78 is 19.0. The fourth-order valence-electron chi connectivity index (χ4n) is 4.02. The molecule has 0 radical (unpaired) electrons. The van der Waals surface area contributed by atoms with Crippen LogP contribution in [-0.2, 0) is 16.8 Å². The Bertz CT molecular complexity index is 1150. The number of carbonyl (C=O) groups is 2. The van der Waals surface area contributed by atoms with Gasteiger partial charge in [0.05, 0.1) is 26.5 Å². The Morgan fingerprint density at radius 1 is 1.06 bits per heavy atom. The molecule has 2 aliphatic heterocycles. The summed E-state index contributed by atoms with van der Waals surface area (Å²) in [6.07, 6.45) is 5.72. The second-order valence-electron chi connectivity index (χ2n) is 7.99. The zero-order valence-corrected chi connectivity index (χ0v) is 18.9. The number of nitrogens with zero attached hydrogens (tertiary/aromatic N) is 4. The van der Waals surface area contributed by atoms with Crippen molar-refractivity contribution < 1.29 is 18.9 Å². The Kier molecular flexibility index (Phi) is 6.07. The largest absolute Gasteiger partial charge is 0.493 e. The summed E-state index contributed by atoms with van der Waals surface area (Å²) in [7, 11) is -1.05. The lowest BCUT2D eigenvalue weighted by Gasteiger charge is -2.20. The number of likely N-dealkylation sites (tertiary alicyclic amines) is 1. The number of ketones is 1. The zero-order valence-electron chi connectivity index (χ0n) is 17.3. The molecule has 0 bridgehead atoms. The molecule has 0 atom stereocenters. The van der Waals surface area contributed by atoms with Crippen LogP contribution in [0.3, 0.4) is 0 Å². The lowest BCUT2D eigenvalue weighted by Crippen LogP contribution is -2.28. The number of hydrogen-bond acceptors (Lipinski definition) is 6. The van der Waals surface area contributed by atoms with E-state index in [1.54, 1.807) is 4.90 Å². The van der Waals surface area contributed by atoms with Gasteiger partial charge in [0.1, 0.15) is 11.3 Å². The van der Waals surface area contributed by atoms with Gasteiger partial charge in [0.2, 0.25) is 11.7 Å². The molecular weight excluding hydrogens is 440 g/mol. The molecule has 2 saturated heterocycles. The molecule has 0 unspecified atom stereocenters. The van der Waals surface area contributed by atoms with Crippen molar-refractivity contribution in [2.75, 3.05) is 24.6 Å². The van der Waals surface area contributed by atoms with Crippen molar-refractivity contribution in [2.45, 2.75) is 32.1 Å². The third kappa shape index (κ3) is 4.21. The third-order valence-electron chi connectivity index (χ3n) is 5.82. The van der Waals surface area contributed by atoms with Gasteiger partial charge in [-0.2, -0.15) is 9.46 Å². The number of amides is 1. The third-order valence-corrected chi connectivity index (χ3v) is 8.57. The second-order valence-corrected chi connectivity index (χ2v) is 10.9. The number of aromatic hydroxyl groups is 1. The first-order chi connectivity index (χ1) is 14.8. The molecule has 1 aromatic carbocycles. The molecule has 1 aromatic heterocycles. The molecule has 2 aliphatic rings. The smallest absolute Gasteiger partial charge is 0.256 e. The fraction of sp³-hybridized carbons (Fsp3) is 0.476. The number of aromatic nitrogens is 2. The van der Waals surface area contributed by atoms with E-state index >= 15 is 0 Å². The Hall–Kier alpha value is -2.39. The van der Waals surface area contributed by atoms with Crippen LogP contribution in [0.15, 0.2) is 22.7 Å². The van der Waals surface area contributed by atoms with Crippen LogP contribution in [0.25, 0.3) is 0 Å². The first-order valence-electron chi connectivity index (χ1n) is 10.4. The molecular formula is C21H25ClN4O4S. The van der Waals surface area contributed by atoms with Crippen LogP contribution in [0.4, 0.5) is 5.69 Å². The van der Waals surface area contributed by atoms with Crippen LogP contribution in [-0.4, -0.2) is 60.3 Å². The van der Waals surface area contributed by atoms with E-state index < -0.39 is 15.5 Å². The van der Waals surface area contributed by atoms with Gasteiger partial charge in [-0.05, 0) is 37.8 Å². The van der Waals surface area contributed by atoms with Crippen LogP contribution in [0.5, 0.6) is 5.88 Å². The normalized spacial score (nSPS) is 18.2. The van der Waals surface area contributed by atoms with Gasteiger partial charge in [0.25, 0.3) is 5.91 Å². The van der Waals surface area contributed by atoms with E-state index in [4.69, 9.17) is 11.6 Å². The average molecular weight is 465 g/mol. The molecule has 3 heterocycles. The molecule has 0 aliphatic carbocycles. The molecule has 2 fully saturated rings. The Balaban J connectivity index is 1.85. The number of rotatable bonds is 4.